The zero-order valence-electron chi connectivity index (χ0n) is 10.9. The maximum Gasteiger partial charge on any atom is 0.208 e. The van der Waals surface area contributed by atoms with Crippen LogP contribution in [0.5, 0.6) is 0 Å². The average Bonchev–Trinajstić information content (AvgIpc) is 2.71. The molecule has 8 heteroatoms. The number of hydrogen-bond acceptors (Lipinski definition) is 3. The zero-order valence-corrected chi connectivity index (χ0v) is 14.1. The summed E-state index contributed by atoms with van der Waals surface area (Å²) >= 11 is 9.36. The van der Waals surface area contributed by atoms with Crippen LogP contribution in [0.25, 0.3) is 11.0 Å². The summed E-state index contributed by atoms with van der Waals surface area (Å²) in [7, 11) is -3.14. The third-order valence-electron chi connectivity index (χ3n) is 2.83. The summed E-state index contributed by atoms with van der Waals surface area (Å²) in [5, 5.41) is 0. The fraction of sp³-hybridized carbons (Fsp3) is 0.417. The number of nitrogens with one attached hydrogen (secondary N) is 1. The smallest absolute Gasteiger partial charge is 0.208 e. The summed E-state index contributed by atoms with van der Waals surface area (Å²) in [5.74, 6) is 1.12. The molecule has 0 saturated heterocycles. The molecule has 0 bridgehead atoms. The first-order valence-corrected chi connectivity index (χ1v) is 9.28. The maximum absolute atomic E-state index is 11.0. The highest BCUT2D eigenvalue weighted by atomic mass is 79.9. The first-order valence-electron chi connectivity index (χ1n) is 6.06. The molecule has 0 unspecified atom stereocenters. The summed E-state index contributed by atoms with van der Waals surface area (Å²) in [4.78, 5) is 4.47. The number of imidazole rings is 1. The predicted octanol–water partition coefficient (Wildman–Crippen LogP) is 2.48. The molecule has 20 heavy (non-hydrogen) atoms. The molecule has 0 spiro atoms. The lowest BCUT2D eigenvalue weighted by Gasteiger charge is -2.08. The lowest BCUT2D eigenvalue weighted by atomic mass is 10.3. The lowest BCUT2D eigenvalue weighted by Crippen LogP contribution is -2.24. The molecule has 1 N–H and O–H groups in total. The van der Waals surface area contributed by atoms with E-state index in [1.807, 2.05) is 22.8 Å². The summed E-state index contributed by atoms with van der Waals surface area (Å²) in [6, 6.07) is 5.85. The van der Waals surface area contributed by atoms with E-state index >= 15 is 0 Å². The highest BCUT2D eigenvalue weighted by Gasteiger charge is 2.10. The fourth-order valence-electron chi connectivity index (χ4n) is 1.99. The zero-order chi connectivity index (χ0) is 14.8. The Bertz CT molecular complexity index is 715. The second-order valence-electron chi connectivity index (χ2n) is 4.47. The summed E-state index contributed by atoms with van der Waals surface area (Å²) in [5.41, 5.74) is 1.88. The second-order valence-corrected chi connectivity index (χ2v) is 7.48. The summed E-state index contributed by atoms with van der Waals surface area (Å²) in [6.07, 6.45) is 1.83. The van der Waals surface area contributed by atoms with Gasteiger partial charge in [0.05, 0.1) is 23.2 Å². The van der Waals surface area contributed by atoms with Crippen molar-refractivity contribution in [1.82, 2.24) is 14.3 Å². The largest absolute Gasteiger partial charge is 0.327 e. The van der Waals surface area contributed by atoms with E-state index in [4.69, 9.17) is 11.6 Å². The third-order valence-corrected chi connectivity index (χ3v) is 4.29. The van der Waals surface area contributed by atoms with Gasteiger partial charge in [-0.25, -0.2) is 18.1 Å². The molecule has 2 aromatic rings. The molecule has 1 aromatic heterocycles. The molecule has 2 rings (SSSR count). The second kappa shape index (κ2) is 6.43. The summed E-state index contributed by atoms with van der Waals surface area (Å²) in [6.45, 7) is 1.06. The van der Waals surface area contributed by atoms with Gasteiger partial charge in [0.1, 0.15) is 5.82 Å². The van der Waals surface area contributed by atoms with E-state index < -0.39 is 10.0 Å². The Morgan fingerprint density at radius 1 is 1.45 bits per heavy atom. The highest BCUT2D eigenvalue weighted by Crippen LogP contribution is 2.22. The minimum atomic E-state index is -3.14. The Morgan fingerprint density at radius 2 is 2.20 bits per heavy atom. The van der Waals surface area contributed by atoms with Crippen LogP contribution in [-0.4, -0.2) is 30.8 Å². The quantitative estimate of drug-likeness (QED) is 0.618. The normalized spacial score (nSPS) is 12.2. The van der Waals surface area contributed by atoms with Gasteiger partial charge in [0.25, 0.3) is 0 Å². The minimum Gasteiger partial charge on any atom is -0.327 e. The van der Waals surface area contributed by atoms with Crippen molar-refractivity contribution in [3.05, 3.63) is 28.5 Å². The maximum atomic E-state index is 11.0. The van der Waals surface area contributed by atoms with E-state index in [0.717, 1.165) is 27.6 Å². The van der Waals surface area contributed by atoms with Crippen LogP contribution in [0.3, 0.4) is 0 Å². The number of hydrogen-bond donors (Lipinski definition) is 1. The van der Waals surface area contributed by atoms with Crippen LogP contribution in [0.4, 0.5) is 0 Å². The van der Waals surface area contributed by atoms with E-state index in [0.29, 0.717) is 25.4 Å². The first-order chi connectivity index (χ1) is 9.40. The van der Waals surface area contributed by atoms with Crippen molar-refractivity contribution >= 4 is 48.6 Å². The Morgan fingerprint density at radius 3 is 2.85 bits per heavy atom. The van der Waals surface area contributed by atoms with Gasteiger partial charge in [-0.2, -0.15) is 0 Å². The van der Waals surface area contributed by atoms with Crippen molar-refractivity contribution in [2.75, 3.05) is 12.8 Å². The van der Waals surface area contributed by atoms with Crippen LogP contribution < -0.4 is 4.72 Å². The van der Waals surface area contributed by atoms with Gasteiger partial charge in [0, 0.05) is 17.6 Å². The number of alkyl halides is 1. The molecule has 0 radical (unpaired) electrons. The minimum absolute atomic E-state index is 0.325. The van der Waals surface area contributed by atoms with E-state index in [1.165, 1.54) is 0 Å². The molecule has 110 valence electrons. The van der Waals surface area contributed by atoms with Crippen molar-refractivity contribution in [1.29, 1.82) is 0 Å². The molecule has 1 aromatic carbocycles. The van der Waals surface area contributed by atoms with Crippen LogP contribution in [0.2, 0.25) is 0 Å². The monoisotopic (exact) mass is 379 g/mol. The molecule has 5 nitrogen and oxygen atoms in total. The SMILES string of the molecule is CS(=O)(=O)NCCCn1c(CCl)nc2ccc(Br)cc21. The Kier molecular flexibility index (Phi) is 5.06. The third kappa shape index (κ3) is 3.94. The Labute approximate surface area is 131 Å². The van der Waals surface area contributed by atoms with E-state index in [-0.39, 0.29) is 0 Å². The van der Waals surface area contributed by atoms with Crippen LogP contribution in [0, 0.1) is 0 Å². The molecule has 0 atom stereocenters. The van der Waals surface area contributed by atoms with Crippen LogP contribution in [0.1, 0.15) is 12.2 Å². The molecular formula is C12H15BrClN3O2S. The number of nitrogens with zero attached hydrogens (tertiary/aromatic N) is 2. The number of aryl methyl sites for hydroxylation is 1. The number of fused-ring (bicyclic) bond motifs is 1. The lowest BCUT2D eigenvalue weighted by molar-refractivity contribution is 0.575. The Hall–Kier alpha value is -0.630. The molecule has 1 heterocycles. The van der Waals surface area contributed by atoms with Gasteiger partial charge in [-0.1, -0.05) is 15.9 Å². The van der Waals surface area contributed by atoms with Gasteiger partial charge in [0.15, 0.2) is 0 Å². The van der Waals surface area contributed by atoms with Crippen molar-refractivity contribution < 1.29 is 8.42 Å². The number of benzene rings is 1. The molecule has 0 fully saturated rings. The fourth-order valence-corrected chi connectivity index (χ4v) is 3.06. The van der Waals surface area contributed by atoms with E-state index in [9.17, 15) is 8.42 Å². The topological polar surface area (TPSA) is 64.0 Å². The van der Waals surface area contributed by atoms with Gasteiger partial charge < -0.3 is 4.57 Å². The number of aromatic nitrogens is 2. The Balaban J connectivity index is 2.17. The van der Waals surface area contributed by atoms with Crippen LogP contribution in [-0.2, 0) is 22.4 Å². The predicted molar refractivity (Wildman–Crippen MR) is 84.5 cm³/mol. The molecule has 0 saturated carbocycles. The van der Waals surface area contributed by atoms with Gasteiger partial charge in [-0.05, 0) is 24.6 Å². The molecule has 0 amide bonds. The number of halogens is 2. The molecule has 0 aliphatic rings. The van der Waals surface area contributed by atoms with Crippen molar-refractivity contribution in [2.45, 2.75) is 18.8 Å². The van der Waals surface area contributed by atoms with E-state index in [2.05, 4.69) is 25.6 Å². The molecule has 0 aliphatic carbocycles. The first kappa shape index (κ1) is 15.8. The van der Waals surface area contributed by atoms with Crippen molar-refractivity contribution in [2.24, 2.45) is 0 Å². The van der Waals surface area contributed by atoms with Crippen LogP contribution >= 0.6 is 27.5 Å². The standard InChI is InChI=1S/C12H15BrClN3O2S/c1-20(18,19)15-5-2-6-17-11-7-9(13)3-4-10(11)16-12(17)8-14/h3-4,7,15H,2,5-6,8H2,1H3. The van der Waals surface area contributed by atoms with Gasteiger partial charge in [-0.3, -0.25) is 0 Å². The molecule has 0 aliphatic heterocycles. The summed E-state index contributed by atoms with van der Waals surface area (Å²) < 4.78 is 27.5. The van der Waals surface area contributed by atoms with E-state index in [1.54, 1.807) is 0 Å². The average molecular weight is 381 g/mol. The van der Waals surface area contributed by atoms with Crippen LogP contribution in [0.15, 0.2) is 22.7 Å². The van der Waals surface area contributed by atoms with Crippen molar-refractivity contribution in [3.8, 4) is 0 Å². The van der Waals surface area contributed by atoms with Gasteiger partial charge >= 0.3 is 0 Å². The molecular weight excluding hydrogens is 366 g/mol. The van der Waals surface area contributed by atoms with Crippen molar-refractivity contribution in [3.63, 3.8) is 0 Å². The van der Waals surface area contributed by atoms with Gasteiger partial charge in [-0.15, -0.1) is 11.6 Å². The highest BCUT2D eigenvalue weighted by molar-refractivity contribution is 9.10. The number of rotatable bonds is 6. The van der Waals surface area contributed by atoms with Gasteiger partial charge in [0.2, 0.25) is 10.0 Å². The number of sulfonamides is 1.